The van der Waals surface area contributed by atoms with E-state index in [2.05, 4.69) is 10.0 Å². The van der Waals surface area contributed by atoms with Crippen molar-refractivity contribution in [3.63, 3.8) is 0 Å². The van der Waals surface area contributed by atoms with Gasteiger partial charge in [-0.25, -0.2) is 8.42 Å². The normalized spacial score (nSPS) is 13.0. The zero-order chi connectivity index (χ0) is 24.9. The Kier molecular flexibility index (Phi) is 5.33. The molecule has 4 aromatic carbocycles. The van der Waals surface area contributed by atoms with Crippen LogP contribution in [0, 0.1) is 6.92 Å². The van der Waals surface area contributed by atoms with Crippen molar-refractivity contribution < 1.29 is 18.0 Å². The van der Waals surface area contributed by atoms with E-state index in [4.69, 9.17) is 0 Å². The number of fused-ring (bicyclic) bond motifs is 4. The summed E-state index contributed by atoms with van der Waals surface area (Å²) in [6.07, 6.45) is 0. The number of para-hydroxylation sites is 1. The molecule has 0 saturated heterocycles. The van der Waals surface area contributed by atoms with E-state index >= 15 is 0 Å². The maximum Gasteiger partial charge on any atom is 0.261 e. The van der Waals surface area contributed by atoms with Crippen LogP contribution in [0.2, 0.25) is 0 Å². The van der Waals surface area contributed by atoms with E-state index in [1.807, 2.05) is 44.1 Å². The smallest absolute Gasteiger partial charge is 0.261 e. The van der Waals surface area contributed by atoms with Gasteiger partial charge in [-0.1, -0.05) is 42.0 Å². The molecule has 0 aliphatic carbocycles. The van der Waals surface area contributed by atoms with E-state index in [0.29, 0.717) is 27.6 Å². The molecule has 2 bridgehead atoms. The third-order valence-electron chi connectivity index (χ3n) is 6.11. The van der Waals surface area contributed by atoms with Gasteiger partial charge in [-0.15, -0.1) is 0 Å². The van der Waals surface area contributed by atoms with Crippen molar-refractivity contribution in [2.75, 3.05) is 23.7 Å². The molecule has 0 aromatic heterocycles. The average molecular weight is 486 g/mol. The van der Waals surface area contributed by atoms with Crippen LogP contribution in [-0.4, -0.2) is 34.3 Å². The fourth-order valence-electron chi connectivity index (χ4n) is 4.31. The van der Waals surface area contributed by atoms with Gasteiger partial charge in [0.2, 0.25) is 0 Å². The van der Waals surface area contributed by atoms with Crippen LogP contribution in [-0.2, 0) is 10.0 Å². The molecule has 4 aromatic rings. The first-order valence-electron chi connectivity index (χ1n) is 11.0. The van der Waals surface area contributed by atoms with Gasteiger partial charge in [0.25, 0.3) is 21.8 Å². The molecule has 1 aliphatic rings. The topological polar surface area (TPSA) is 95.6 Å². The van der Waals surface area contributed by atoms with Crippen LogP contribution in [0.1, 0.15) is 26.3 Å². The molecular weight excluding hydrogens is 462 g/mol. The van der Waals surface area contributed by atoms with Crippen molar-refractivity contribution in [3.05, 3.63) is 89.5 Å². The molecule has 176 valence electrons. The number of sulfonamides is 1. The number of hydrogen-bond donors (Lipinski definition) is 2. The maximum atomic E-state index is 13.1. The largest absolute Gasteiger partial charge is 0.378 e. The number of aryl methyl sites for hydroxylation is 1. The van der Waals surface area contributed by atoms with E-state index in [-0.39, 0.29) is 10.6 Å². The van der Waals surface area contributed by atoms with Crippen LogP contribution in [0.5, 0.6) is 0 Å². The lowest BCUT2D eigenvalue weighted by atomic mass is 9.86. The molecule has 5 rings (SSSR count). The maximum absolute atomic E-state index is 13.1. The average Bonchev–Trinajstić information content (AvgIpc) is 2.82. The number of hydrogen-bond acceptors (Lipinski definition) is 5. The summed E-state index contributed by atoms with van der Waals surface area (Å²) >= 11 is 0. The summed E-state index contributed by atoms with van der Waals surface area (Å²) in [5, 5.41) is 3.84. The van der Waals surface area contributed by atoms with Gasteiger partial charge >= 0.3 is 0 Å². The lowest BCUT2D eigenvalue weighted by molar-refractivity contribution is 0.0843. The first kappa shape index (κ1) is 22.6. The molecule has 1 aliphatic heterocycles. The van der Waals surface area contributed by atoms with Gasteiger partial charge in [0.1, 0.15) is 0 Å². The van der Waals surface area contributed by atoms with E-state index in [9.17, 15) is 18.0 Å². The van der Waals surface area contributed by atoms with Crippen LogP contribution >= 0.6 is 0 Å². The Labute approximate surface area is 203 Å². The number of benzene rings is 4. The molecule has 1 heterocycles. The number of amides is 2. The van der Waals surface area contributed by atoms with Gasteiger partial charge < -0.3 is 4.90 Å². The fraction of sp³-hybridized carbons (Fsp3) is 0.111. The van der Waals surface area contributed by atoms with Crippen LogP contribution < -0.4 is 14.9 Å². The summed E-state index contributed by atoms with van der Waals surface area (Å²) in [5.41, 5.74) is 3.67. The summed E-state index contributed by atoms with van der Waals surface area (Å²) in [5.74, 6) is -1.04. The Hall–Kier alpha value is -4.17. The van der Waals surface area contributed by atoms with Crippen molar-refractivity contribution in [3.8, 4) is 11.1 Å². The van der Waals surface area contributed by atoms with Gasteiger partial charge in [0, 0.05) is 36.5 Å². The molecule has 8 heteroatoms. The van der Waals surface area contributed by atoms with Gasteiger partial charge in [-0.3, -0.25) is 19.6 Å². The molecule has 2 amide bonds. The molecule has 0 fully saturated rings. The molecule has 0 unspecified atom stereocenters. The Morgan fingerprint density at radius 1 is 0.800 bits per heavy atom. The van der Waals surface area contributed by atoms with E-state index in [1.165, 1.54) is 12.1 Å². The van der Waals surface area contributed by atoms with Gasteiger partial charge in [0.15, 0.2) is 0 Å². The highest BCUT2D eigenvalue weighted by Crippen LogP contribution is 2.41. The van der Waals surface area contributed by atoms with Crippen LogP contribution in [0.25, 0.3) is 21.9 Å². The van der Waals surface area contributed by atoms with E-state index < -0.39 is 21.8 Å². The Balaban J connectivity index is 1.72. The molecule has 0 spiro atoms. The minimum absolute atomic E-state index is 0.119. The van der Waals surface area contributed by atoms with Gasteiger partial charge in [0.05, 0.1) is 16.1 Å². The Morgan fingerprint density at radius 3 is 2.23 bits per heavy atom. The van der Waals surface area contributed by atoms with Crippen LogP contribution in [0.4, 0.5) is 11.4 Å². The van der Waals surface area contributed by atoms with Crippen LogP contribution in [0.15, 0.2) is 77.7 Å². The monoisotopic (exact) mass is 485 g/mol. The second-order valence-electron chi connectivity index (χ2n) is 8.72. The quantitative estimate of drug-likeness (QED) is 0.404. The number of nitrogens with one attached hydrogen (secondary N) is 2. The summed E-state index contributed by atoms with van der Waals surface area (Å²) < 4.78 is 28.9. The Morgan fingerprint density at radius 2 is 1.51 bits per heavy atom. The van der Waals surface area contributed by atoms with Gasteiger partial charge in [-0.2, -0.15) is 0 Å². The number of carbonyl (C=O) groups is 2. The van der Waals surface area contributed by atoms with Crippen molar-refractivity contribution in [1.29, 1.82) is 0 Å². The fourth-order valence-corrected chi connectivity index (χ4v) is 5.39. The molecule has 0 saturated carbocycles. The Bertz CT molecular complexity index is 1620. The highest BCUT2D eigenvalue weighted by Gasteiger charge is 2.31. The highest BCUT2D eigenvalue weighted by molar-refractivity contribution is 7.92. The molecule has 0 atom stereocenters. The molecular formula is C27H23N3O4S. The third kappa shape index (κ3) is 3.91. The third-order valence-corrected chi connectivity index (χ3v) is 7.49. The second kappa shape index (κ2) is 8.25. The summed E-state index contributed by atoms with van der Waals surface area (Å²) in [6.45, 7) is 1.88. The van der Waals surface area contributed by atoms with Crippen molar-refractivity contribution >= 4 is 44.0 Å². The number of carbonyl (C=O) groups excluding carboxylic acids is 2. The van der Waals surface area contributed by atoms with Crippen molar-refractivity contribution in [2.24, 2.45) is 0 Å². The SMILES string of the molecule is Cc1ccc(S(=O)(=O)Nc2ccccc2-c2c3cc4cc(N(C)C)ccc4c2C(=O)NC3=O)cc1. The number of nitrogens with zero attached hydrogens (tertiary/aromatic N) is 1. The molecule has 7 nitrogen and oxygen atoms in total. The minimum atomic E-state index is -3.90. The highest BCUT2D eigenvalue weighted by atomic mass is 32.2. The number of imide groups is 1. The number of rotatable bonds is 5. The van der Waals surface area contributed by atoms with Crippen LogP contribution in [0.3, 0.4) is 0 Å². The minimum Gasteiger partial charge on any atom is -0.378 e. The van der Waals surface area contributed by atoms with Gasteiger partial charge in [-0.05, 0) is 54.1 Å². The molecule has 35 heavy (non-hydrogen) atoms. The first-order chi connectivity index (χ1) is 16.7. The lowest BCUT2D eigenvalue weighted by Crippen LogP contribution is -2.36. The summed E-state index contributed by atoms with van der Waals surface area (Å²) in [6, 6.07) is 20.7. The van der Waals surface area contributed by atoms with Crippen molar-refractivity contribution in [2.45, 2.75) is 11.8 Å². The number of anilines is 2. The predicted molar refractivity (Wildman–Crippen MR) is 137 cm³/mol. The predicted octanol–water partition coefficient (Wildman–Crippen LogP) is 4.57. The first-order valence-corrected chi connectivity index (χ1v) is 12.5. The van der Waals surface area contributed by atoms with E-state index in [1.54, 1.807) is 42.5 Å². The van der Waals surface area contributed by atoms with Crippen molar-refractivity contribution in [1.82, 2.24) is 5.32 Å². The standard InChI is InChI=1S/C27H23N3O4S/c1-16-8-11-19(12-9-16)35(33,34)29-23-7-5-4-6-21(23)24-22-15-17-14-18(30(2)3)10-13-20(17)25(24)27(32)28-26(22)31/h4-15,29H,1-3H3,(H,28,31,32). The zero-order valence-corrected chi connectivity index (χ0v) is 20.2. The second-order valence-corrected chi connectivity index (χ2v) is 10.4. The summed E-state index contributed by atoms with van der Waals surface area (Å²) in [4.78, 5) is 28.0. The summed E-state index contributed by atoms with van der Waals surface area (Å²) in [7, 11) is -0.0723. The van der Waals surface area contributed by atoms with E-state index in [0.717, 1.165) is 16.6 Å². The lowest BCUT2D eigenvalue weighted by Gasteiger charge is -2.24. The zero-order valence-electron chi connectivity index (χ0n) is 19.4. The molecule has 0 radical (unpaired) electrons. The molecule has 2 N–H and O–H groups in total.